The summed E-state index contributed by atoms with van der Waals surface area (Å²) in [6, 6.07) is 60.5. The number of rotatable bonds is 6. The number of aromatic nitrogens is 4. The van der Waals surface area contributed by atoms with Gasteiger partial charge in [-0.05, 0) is 89.3 Å². The lowest BCUT2D eigenvalue weighted by molar-refractivity contribution is 1.18. The molecule has 8 aromatic carbocycles. The fourth-order valence-corrected chi connectivity index (χ4v) is 8.30. The summed E-state index contributed by atoms with van der Waals surface area (Å²) in [5.74, 6) is 0.661. The molecule has 0 aliphatic carbocycles. The van der Waals surface area contributed by atoms with Crippen molar-refractivity contribution in [1.82, 2.24) is 19.9 Å². The van der Waals surface area contributed by atoms with Gasteiger partial charge in [0, 0.05) is 46.9 Å². The minimum Gasteiger partial charge on any atom is -0.264 e. The van der Waals surface area contributed by atoms with Crippen molar-refractivity contribution in [3.8, 4) is 67.3 Å². The SMILES string of the molecule is c1ccc(-c2ccc3ccc4c(-c5cccc(-c6nc(-c7ccc(-c8cccnc8)cc7)cc(-c7cncc8ccccc78)n6)c5)ccc5ccc2c3c54)cc1. The Kier molecular flexibility index (Phi) is 7.46. The first kappa shape index (κ1) is 31.9. The monoisotopic (exact) mass is 712 g/mol. The molecule has 0 saturated carbocycles. The predicted molar refractivity (Wildman–Crippen MR) is 231 cm³/mol. The molecule has 0 unspecified atom stereocenters. The van der Waals surface area contributed by atoms with E-state index in [4.69, 9.17) is 9.97 Å². The van der Waals surface area contributed by atoms with Crippen LogP contribution in [0.25, 0.3) is 110 Å². The third-order valence-electron chi connectivity index (χ3n) is 11.0. The number of pyridine rings is 2. The highest BCUT2D eigenvalue weighted by molar-refractivity contribution is 6.27. The number of fused-ring (bicyclic) bond motifs is 1. The van der Waals surface area contributed by atoms with Crippen LogP contribution in [0.5, 0.6) is 0 Å². The van der Waals surface area contributed by atoms with Crippen molar-refractivity contribution in [2.45, 2.75) is 0 Å². The summed E-state index contributed by atoms with van der Waals surface area (Å²) in [6.07, 6.45) is 7.50. The summed E-state index contributed by atoms with van der Waals surface area (Å²) in [5, 5.41) is 9.75. The molecule has 0 saturated heterocycles. The zero-order valence-electron chi connectivity index (χ0n) is 30.3. The highest BCUT2D eigenvalue weighted by Gasteiger charge is 2.17. The van der Waals surface area contributed by atoms with Crippen molar-refractivity contribution in [1.29, 1.82) is 0 Å². The molecule has 0 aliphatic heterocycles. The molecule has 0 fully saturated rings. The van der Waals surface area contributed by atoms with Crippen LogP contribution in [-0.4, -0.2) is 19.9 Å². The topological polar surface area (TPSA) is 51.6 Å². The summed E-state index contributed by atoms with van der Waals surface area (Å²) >= 11 is 0. The first-order valence-electron chi connectivity index (χ1n) is 18.8. The summed E-state index contributed by atoms with van der Waals surface area (Å²) in [4.78, 5) is 19.4. The molecule has 0 N–H and O–H groups in total. The van der Waals surface area contributed by atoms with Gasteiger partial charge >= 0.3 is 0 Å². The van der Waals surface area contributed by atoms with Gasteiger partial charge in [-0.2, -0.15) is 0 Å². The zero-order chi connectivity index (χ0) is 37.0. The van der Waals surface area contributed by atoms with Crippen LogP contribution in [0.15, 0.2) is 195 Å². The van der Waals surface area contributed by atoms with E-state index in [9.17, 15) is 0 Å². The summed E-state index contributed by atoms with van der Waals surface area (Å²) in [5.41, 5.74) is 11.5. The van der Waals surface area contributed by atoms with Crippen molar-refractivity contribution in [3.05, 3.63) is 195 Å². The standard InChI is InChI=1S/C52H32N4/c1-2-8-34(9-3-1)43-23-19-36-22-26-46-44(24-20-37-21-25-45(43)50(36)51(37)46)38-11-6-12-39(28-38)52-55-48(35-17-15-33(16-18-35)40-13-7-27-53-30-40)29-49(56-52)47-32-54-31-41-10-4-5-14-42(41)47/h1-32H. The van der Waals surface area contributed by atoms with Crippen LogP contribution < -0.4 is 0 Å². The van der Waals surface area contributed by atoms with Gasteiger partial charge in [-0.15, -0.1) is 0 Å². The van der Waals surface area contributed by atoms with E-state index in [2.05, 4.69) is 168 Å². The molecule has 0 aliphatic rings. The van der Waals surface area contributed by atoms with Crippen LogP contribution >= 0.6 is 0 Å². The molecule has 3 aromatic heterocycles. The molecule has 0 bridgehead atoms. The maximum absolute atomic E-state index is 5.26. The van der Waals surface area contributed by atoms with Gasteiger partial charge in [-0.25, -0.2) is 9.97 Å². The Bertz CT molecular complexity index is 3220. The van der Waals surface area contributed by atoms with Crippen molar-refractivity contribution in [2.75, 3.05) is 0 Å². The van der Waals surface area contributed by atoms with Crippen molar-refractivity contribution in [3.63, 3.8) is 0 Å². The van der Waals surface area contributed by atoms with Crippen molar-refractivity contribution >= 4 is 43.1 Å². The van der Waals surface area contributed by atoms with Crippen LogP contribution in [-0.2, 0) is 0 Å². The number of hydrogen-bond acceptors (Lipinski definition) is 4. The highest BCUT2D eigenvalue weighted by Crippen LogP contribution is 2.43. The summed E-state index contributed by atoms with van der Waals surface area (Å²) < 4.78 is 0. The Balaban J connectivity index is 1.07. The quantitative estimate of drug-likeness (QED) is 0.161. The highest BCUT2D eigenvalue weighted by atomic mass is 14.9. The van der Waals surface area contributed by atoms with E-state index >= 15 is 0 Å². The van der Waals surface area contributed by atoms with Gasteiger partial charge in [0.25, 0.3) is 0 Å². The first-order chi connectivity index (χ1) is 27.7. The van der Waals surface area contributed by atoms with Gasteiger partial charge in [-0.3, -0.25) is 9.97 Å². The minimum atomic E-state index is 0.661. The van der Waals surface area contributed by atoms with Gasteiger partial charge in [0.2, 0.25) is 0 Å². The second kappa shape index (κ2) is 13.1. The second-order valence-electron chi connectivity index (χ2n) is 14.3. The van der Waals surface area contributed by atoms with Crippen molar-refractivity contribution in [2.24, 2.45) is 0 Å². The molecule has 260 valence electrons. The molecule has 56 heavy (non-hydrogen) atoms. The van der Waals surface area contributed by atoms with E-state index in [0.717, 1.165) is 55.5 Å². The first-order valence-corrected chi connectivity index (χ1v) is 18.8. The lowest BCUT2D eigenvalue weighted by Crippen LogP contribution is -1.97. The third kappa shape index (κ3) is 5.39. The molecular formula is C52H32N4. The maximum Gasteiger partial charge on any atom is 0.160 e. The molecule has 4 heteroatoms. The van der Waals surface area contributed by atoms with Crippen LogP contribution in [0.2, 0.25) is 0 Å². The Morgan fingerprint density at radius 1 is 0.304 bits per heavy atom. The van der Waals surface area contributed by atoms with E-state index in [1.165, 1.54) is 49.0 Å². The lowest BCUT2D eigenvalue weighted by atomic mass is 9.87. The largest absolute Gasteiger partial charge is 0.264 e. The molecule has 11 rings (SSSR count). The third-order valence-corrected chi connectivity index (χ3v) is 11.0. The number of nitrogens with zero attached hydrogens (tertiary/aromatic N) is 4. The zero-order valence-corrected chi connectivity index (χ0v) is 30.3. The fourth-order valence-electron chi connectivity index (χ4n) is 8.30. The number of hydrogen-bond donors (Lipinski definition) is 0. The Morgan fingerprint density at radius 2 is 0.946 bits per heavy atom. The van der Waals surface area contributed by atoms with Crippen LogP contribution in [0.4, 0.5) is 0 Å². The second-order valence-corrected chi connectivity index (χ2v) is 14.3. The van der Waals surface area contributed by atoms with E-state index in [-0.39, 0.29) is 0 Å². The minimum absolute atomic E-state index is 0.661. The normalized spacial score (nSPS) is 11.6. The van der Waals surface area contributed by atoms with Crippen LogP contribution in [0.1, 0.15) is 0 Å². The van der Waals surface area contributed by atoms with Gasteiger partial charge in [0.05, 0.1) is 11.4 Å². The molecule has 0 radical (unpaired) electrons. The van der Waals surface area contributed by atoms with E-state index in [1.807, 2.05) is 30.7 Å². The lowest BCUT2D eigenvalue weighted by Gasteiger charge is -2.17. The fraction of sp³-hybridized carbons (Fsp3) is 0. The summed E-state index contributed by atoms with van der Waals surface area (Å²) in [6.45, 7) is 0. The molecule has 0 atom stereocenters. The van der Waals surface area contributed by atoms with Gasteiger partial charge < -0.3 is 0 Å². The van der Waals surface area contributed by atoms with E-state index in [0.29, 0.717) is 5.82 Å². The predicted octanol–water partition coefficient (Wildman–Crippen LogP) is 13.3. The van der Waals surface area contributed by atoms with Crippen LogP contribution in [0.3, 0.4) is 0 Å². The molecule has 0 spiro atoms. The Hall–Kier alpha value is -7.56. The molecular weight excluding hydrogens is 681 g/mol. The van der Waals surface area contributed by atoms with Gasteiger partial charge in [0.1, 0.15) is 0 Å². The van der Waals surface area contributed by atoms with E-state index in [1.54, 1.807) is 6.20 Å². The molecule has 11 aromatic rings. The molecule has 3 heterocycles. The molecule has 0 amide bonds. The van der Waals surface area contributed by atoms with Crippen LogP contribution in [0, 0.1) is 0 Å². The Labute approximate surface area is 323 Å². The van der Waals surface area contributed by atoms with Gasteiger partial charge in [-0.1, -0.05) is 152 Å². The average molecular weight is 713 g/mol. The number of benzene rings is 8. The summed E-state index contributed by atoms with van der Waals surface area (Å²) in [7, 11) is 0. The molecule has 4 nitrogen and oxygen atoms in total. The smallest absolute Gasteiger partial charge is 0.160 e. The van der Waals surface area contributed by atoms with Crippen molar-refractivity contribution < 1.29 is 0 Å². The average Bonchev–Trinajstić information content (AvgIpc) is 3.28. The maximum atomic E-state index is 5.26. The Morgan fingerprint density at radius 3 is 1.71 bits per heavy atom. The van der Waals surface area contributed by atoms with E-state index < -0.39 is 0 Å². The van der Waals surface area contributed by atoms with Gasteiger partial charge in [0.15, 0.2) is 5.82 Å².